The maximum atomic E-state index is 12.9. The molecule has 0 saturated heterocycles. The van der Waals surface area contributed by atoms with Gasteiger partial charge in [0.25, 0.3) is 5.91 Å². The summed E-state index contributed by atoms with van der Waals surface area (Å²) in [6.45, 7) is 4.22. The van der Waals surface area contributed by atoms with Crippen LogP contribution in [0, 0.1) is 0 Å². The maximum absolute atomic E-state index is 12.9. The first kappa shape index (κ1) is 29.7. The first-order chi connectivity index (χ1) is 17.3. The fourth-order valence-electron chi connectivity index (χ4n) is 3.37. The van der Waals surface area contributed by atoms with Crippen LogP contribution in [-0.2, 0) is 18.0 Å². The predicted octanol–water partition coefficient (Wildman–Crippen LogP) is 5.37. The third-order valence-corrected chi connectivity index (χ3v) is 5.89. The number of rotatable bonds is 4. The van der Waals surface area contributed by atoms with Gasteiger partial charge < -0.3 is 11.1 Å². The van der Waals surface area contributed by atoms with Crippen LogP contribution in [0.1, 0.15) is 81.9 Å². The number of nitrogen functional groups attached to an aromatic ring is 1. The molecule has 1 fully saturated rings. The van der Waals surface area contributed by atoms with Crippen LogP contribution in [0.25, 0.3) is 5.52 Å². The Bertz CT molecular complexity index is 1190. The summed E-state index contributed by atoms with van der Waals surface area (Å²) in [5.74, 6) is -1.23. The van der Waals surface area contributed by atoms with E-state index in [4.69, 9.17) is 5.73 Å². The van der Waals surface area contributed by atoms with Crippen LogP contribution in [0.4, 0.5) is 29.2 Å². The largest absolute Gasteiger partial charge is 0.437 e. The Kier molecular flexibility index (Phi) is 10.2. The summed E-state index contributed by atoms with van der Waals surface area (Å²) in [6, 6.07) is 2.95. The minimum Gasteiger partial charge on any atom is -0.367 e. The molecule has 0 radical (unpaired) electrons. The highest BCUT2D eigenvalue weighted by molar-refractivity contribution is 6.04. The molecule has 37 heavy (non-hydrogen) atoms. The Balaban J connectivity index is 0.000000281. The van der Waals surface area contributed by atoms with Gasteiger partial charge in [-0.25, -0.2) is 13.9 Å². The zero-order chi connectivity index (χ0) is 27.8. The normalized spacial score (nSPS) is 15.0. The topological polar surface area (TPSA) is 120 Å². The van der Waals surface area contributed by atoms with Gasteiger partial charge in [0, 0.05) is 13.2 Å². The molecule has 4 rings (SSSR count). The summed E-state index contributed by atoms with van der Waals surface area (Å²) in [5.41, 5.74) is 2.73. The smallest absolute Gasteiger partial charge is 0.367 e. The molecule has 1 amide bonds. The van der Waals surface area contributed by atoms with Gasteiger partial charge in [-0.3, -0.25) is 14.3 Å². The highest BCUT2D eigenvalue weighted by Crippen LogP contribution is 2.33. The van der Waals surface area contributed by atoms with Crippen LogP contribution in [0.3, 0.4) is 0 Å². The lowest BCUT2D eigenvalue weighted by Crippen LogP contribution is -2.25. The zero-order valence-corrected chi connectivity index (χ0v) is 21.4. The van der Waals surface area contributed by atoms with E-state index < -0.39 is 29.1 Å². The van der Waals surface area contributed by atoms with E-state index in [-0.39, 0.29) is 23.8 Å². The fourth-order valence-corrected chi connectivity index (χ4v) is 3.37. The zero-order valence-electron chi connectivity index (χ0n) is 21.4. The van der Waals surface area contributed by atoms with Crippen molar-refractivity contribution >= 4 is 28.8 Å². The highest BCUT2D eigenvalue weighted by atomic mass is 19.4. The molecular formula is C24H33F4N7O2. The first-order valence-electron chi connectivity index (χ1n) is 12.0. The lowest BCUT2D eigenvalue weighted by atomic mass is 10.0. The summed E-state index contributed by atoms with van der Waals surface area (Å²) >= 11 is 0. The molecule has 0 aromatic carbocycles. The predicted molar refractivity (Wildman–Crippen MR) is 132 cm³/mol. The van der Waals surface area contributed by atoms with Gasteiger partial charge in [0.05, 0.1) is 17.4 Å². The molecule has 0 spiro atoms. The minimum absolute atomic E-state index is 0.0195. The Morgan fingerprint density at radius 1 is 1.05 bits per heavy atom. The maximum Gasteiger partial charge on any atom is 0.437 e. The van der Waals surface area contributed by atoms with E-state index in [1.54, 1.807) is 13.0 Å². The van der Waals surface area contributed by atoms with Gasteiger partial charge in [0.1, 0.15) is 5.69 Å². The number of alkyl halides is 4. The molecule has 1 aliphatic rings. The van der Waals surface area contributed by atoms with E-state index >= 15 is 0 Å². The number of hydrogen-bond acceptors (Lipinski definition) is 6. The van der Waals surface area contributed by atoms with Crippen LogP contribution in [0.15, 0.2) is 24.5 Å². The summed E-state index contributed by atoms with van der Waals surface area (Å²) in [4.78, 5) is 26.3. The van der Waals surface area contributed by atoms with E-state index in [9.17, 15) is 27.2 Å². The number of nitrogens with zero attached hydrogens (tertiary/aromatic N) is 5. The number of anilines is 2. The third-order valence-electron chi connectivity index (χ3n) is 5.89. The molecule has 13 heteroatoms. The summed E-state index contributed by atoms with van der Waals surface area (Å²) in [7, 11) is 1.32. The minimum atomic E-state index is -4.68. The van der Waals surface area contributed by atoms with Crippen LogP contribution in [-0.4, -0.2) is 41.7 Å². The number of fused-ring (bicyclic) bond motifs is 1. The number of amides is 1. The number of carbonyl (C=O) groups is 2. The standard InChI is InChI=1S/C12H10F3N7O.C6H11FO.C6H12/c1-21-5-7(9(19-21)12(13,14)15)18-10(23)8-3-2-6-4-17-11(16)20-22(6)8;1-4-6(3,7)5(2)8;1-2-4-6-5-3-1/h2-5H,1H3,(H2,16,20)(H,18,23);4H2,1-3H3;1-6H2. The fraction of sp³-hybridized carbons (Fsp3) is 0.542. The first-order valence-corrected chi connectivity index (χ1v) is 12.0. The van der Waals surface area contributed by atoms with Crippen molar-refractivity contribution in [1.82, 2.24) is 24.4 Å². The monoisotopic (exact) mass is 527 g/mol. The molecule has 1 atom stereocenters. The van der Waals surface area contributed by atoms with Crippen molar-refractivity contribution < 1.29 is 27.2 Å². The Morgan fingerprint density at radius 2 is 1.62 bits per heavy atom. The summed E-state index contributed by atoms with van der Waals surface area (Å²) in [6.07, 6.45) is 7.05. The molecule has 3 aromatic heterocycles. The number of aromatic nitrogens is 5. The number of hydrogen-bond donors (Lipinski definition) is 2. The van der Waals surface area contributed by atoms with E-state index in [2.05, 4.69) is 20.5 Å². The molecule has 0 aliphatic heterocycles. The van der Waals surface area contributed by atoms with Gasteiger partial charge in [0.2, 0.25) is 5.95 Å². The molecule has 1 saturated carbocycles. The van der Waals surface area contributed by atoms with Crippen LogP contribution in [0.5, 0.6) is 0 Å². The highest BCUT2D eigenvalue weighted by Gasteiger charge is 2.37. The van der Waals surface area contributed by atoms with Crippen molar-refractivity contribution in [3.63, 3.8) is 0 Å². The molecule has 204 valence electrons. The van der Waals surface area contributed by atoms with Crippen molar-refractivity contribution in [3.05, 3.63) is 35.9 Å². The van der Waals surface area contributed by atoms with Crippen molar-refractivity contribution in [1.29, 1.82) is 0 Å². The second-order valence-electron chi connectivity index (χ2n) is 8.92. The Hall–Kier alpha value is -3.51. The van der Waals surface area contributed by atoms with Gasteiger partial charge in [-0.2, -0.15) is 18.3 Å². The lowest BCUT2D eigenvalue weighted by molar-refractivity contribution is -0.140. The Labute approximate surface area is 212 Å². The molecule has 3 heterocycles. The lowest BCUT2D eigenvalue weighted by Gasteiger charge is -2.11. The van der Waals surface area contributed by atoms with Crippen molar-refractivity contribution in [3.8, 4) is 0 Å². The molecule has 3 aromatic rings. The van der Waals surface area contributed by atoms with Gasteiger partial charge in [0.15, 0.2) is 17.1 Å². The SMILES string of the molecule is C1CCCCC1.CCC(C)(F)C(C)=O.Cn1cc(NC(=O)c2ccc3cnc(N)nn23)c(C(F)(F)F)n1. The third kappa shape index (κ3) is 8.53. The molecule has 0 bridgehead atoms. The van der Waals surface area contributed by atoms with Gasteiger partial charge >= 0.3 is 6.18 Å². The average Bonchev–Trinajstić information content (AvgIpc) is 3.43. The van der Waals surface area contributed by atoms with Gasteiger partial charge in [-0.1, -0.05) is 45.4 Å². The number of carbonyl (C=O) groups excluding carboxylic acids is 2. The number of ketones is 1. The van der Waals surface area contributed by atoms with Gasteiger partial charge in [-0.15, -0.1) is 5.10 Å². The van der Waals surface area contributed by atoms with Gasteiger partial charge in [-0.05, 0) is 32.4 Å². The van der Waals surface area contributed by atoms with E-state index in [1.807, 2.05) is 0 Å². The van der Waals surface area contributed by atoms with Crippen molar-refractivity contribution in [2.24, 2.45) is 7.05 Å². The number of aryl methyl sites for hydroxylation is 1. The summed E-state index contributed by atoms with van der Waals surface area (Å²) < 4.78 is 53.4. The van der Waals surface area contributed by atoms with Crippen LogP contribution >= 0.6 is 0 Å². The number of nitrogens with one attached hydrogen (secondary N) is 1. The molecular weight excluding hydrogens is 494 g/mol. The second-order valence-corrected chi connectivity index (χ2v) is 8.92. The average molecular weight is 528 g/mol. The quantitative estimate of drug-likeness (QED) is 0.440. The second kappa shape index (κ2) is 12.6. The number of halogens is 4. The van der Waals surface area contributed by atoms with Crippen LogP contribution in [0.2, 0.25) is 0 Å². The molecule has 1 unspecified atom stereocenters. The van der Waals surface area contributed by atoms with E-state index in [0.29, 0.717) is 5.52 Å². The molecule has 1 aliphatic carbocycles. The van der Waals surface area contributed by atoms with E-state index in [1.165, 1.54) is 76.2 Å². The summed E-state index contributed by atoms with van der Waals surface area (Å²) in [5, 5.41) is 9.36. The molecule has 3 N–H and O–H groups in total. The number of nitrogens with two attached hydrogens (primary N) is 1. The van der Waals surface area contributed by atoms with E-state index in [0.717, 1.165) is 10.9 Å². The van der Waals surface area contributed by atoms with Crippen molar-refractivity contribution in [2.75, 3.05) is 11.1 Å². The van der Waals surface area contributed by atoms with Crippen LogP contribution < -0.4 is 11.1 Å². The van der Waals surface area contributed by atoms with Crippen molar-refractivity contribution in [2.45, 2.75) is 77.6 Å². The number of Topliss-reactive ketones (excluding diaryl/α,β-unsaturated/α-hetero) is 1. The Morgan fingerprint density at radius 3 is 2.08 bits per heavy atom. The molecule has 9 nitrogen and oxygen atoms in total.